The van der Waals surface area contributed by atoms with Crippen LogP contribution in [0, 0.1) is 112 Å². The van der Waals surface area contributed by atoms with E-state index < -0.39 is 0 Å². The van der Waals surface area contributed by atoms with Gasteiger partial charge in [0.15, 0.2) is 23.1 Å². The first-order valence-electron chi connectivity index (χ1n) is 58.3. The molecule has 876 valence electrons. The number of carbonyl (C=O) groups excluding carboxylic acids is 10. The fourth-order valence-corrected chi connectivity index (χ4v) is 11.2. The first kappa shape index (κ1) is 162. The Morgan fingerprint density at radius 2 is 0.356 bits per heavy atom. The van der Waals surface area contributed by atoms with Gasteiger partial charge in [-0.15, -0.1) is 0 Å². The Labute approximate surface area is 903 Å². The zero-order valence-electron chi connectivity index (χ0n) is 104. The predicted molar refractivity (Wildman–Crippen MR) is 614 cm³/mol. The third-order valence-corrected chi connectivity index (χ3v) is 22.9. The molecule has 0 aliphatic heterocycles. The van der Waals surface area contributed by atoms with Crippen LogP contribution in [0.1, 0.15) is 463 Å². The topological polar surface area (TPSA) is 285 Å². The first-order chi connectivity index (χ1) is 68.3. The van der Waals surface area contributed by atoms with Crippen LogP contribution in [0.25, 0.3) is 0 Å². The SMILES string of the molecule is CC(C)C(=O)COCCCCCN(C)C(C)C.CC(C)CCCCC(=O)C(C)C.CC(C)CCCCCOC(=O)C(C)C.CC(C)CCCCCOCC(=O)C(C)C.CC(C)CCCCCOCCC(=O)C(C)C.CC(C)CCCCOCC(=O)C(C)C.CC(C)CCOCCC(=O)C(C)C.CC(C)CCOCCOC(=O)C(C)C.CC(C)CCOCCOCC(=O)C(C)C.CC(C)CCOCCOCCC(=O)C(C)C. The van der Waals surface area contributed by atoms with E-state index in [2.05, 4.69) is 150 Å². The number of ketones is 8. The van der Waals surface area contributed by atoms with Crippen LogP contribution in [-0.2, 0) is 105 Å². The molecule has 0 amide bonds. The Morgan fingerprint density at radius 1 is 0.164 bits per heavy atom. The Hall–Kier alpha value is -4.14. The molecule has 23 heteroatoms. The number of nitrogens with zero attached hydrogens (tertiary/aromatic N) is 1. The van der Waals surface area contributed by atoms with Gasteiger partial charge < -0.3 is 61.7 Å². The molecule has 0 saturated carbocycles. The third-order valence-electron chi connectivity index (χ3n) is 22.9. The van der Waals surface area contributed by atoms with Gasteiger partial charge >= 0.3 is 11.9 Å². The molecule has 0 unspecified atom stereocenters. The van der Waals surface area contributed by atoms with Gasteiger partial charge in [-0.3, -0.25) is 47.9 Å². The summed E-state index contributed by atoms with van der Waals surface area (Å²) in [6.07, 6.45) is 31.8. The van der Waals surface area contributed by atoms with Gasteiger partial charge in [0.25, 0.3) is 0 Å². The molecule has 0 atom stereocenters. The minimum atomic E-state index is -0.155. The summed E-state index contributed by atoms with van der Waals surface area (Å²) in [4.78, 5) is 114. The van der Waals surface area contributed by atoms with Crippen molar-refractivity contribution in [2.45, 2.75) is 469 Å². The second-order valence-corrected chi connectivity index (χ2v) is 46.4. The van der Waals surface area contributed by atoms with Crippen LogP contribution in [0.15, 0.2) is 0 Å². The van der Waals surface area contributed by atoms with Crippen LogP contribution in [0.3, 0.4) is 0 Å². The van der Waals surface area contributed by atoms with E-state index in [0.717, 1.165) is 153 Å². The fourth-order valence-electron chi connectivity index (χ4n) is 11.2. The number of esters is 2. The highest BCUT2D eigenvalue weighted by molar-refractivity contribution is 5.83. The van der Waals surface area contributed by atoms with Gasteiger partial charge in [0, 0.05) is 132 Å². The summed E-state index contributed by atoms with van der Waals surface area (Å²) in [5.41, 5.74) is 0. The predicted octanol–water partition coefficient (Wildman–Crippen LogP) is 29.8. The van der Waals surface area contributed by atoms with Crippen molar-refractivity contribution in [3.8, 4) is 0 Å². The molecule has 0 spiro atoms. The van der Waals surface area contributed by atoms with Gasteiger partial charge in [-0.1, -0.05) is 347 Å². The van der Waals surface area contributed by atoms with Gasteiger partial charge in [-0.2, -0.15) is 0 Å². The molecule has 23 nitrogen and oxygen atoms in total. The second kappa shape index (κ2) is 118. The molecule has 146 heavy (non-hydrogen) atoms. The molecule has 0 aromatic heterocycles. The van der Waals surface area contributed by atoms with Crippen molar-refractivity contribution < 1.29 is 105 Å². The fraction of sp³-hybridized carbons (Fsp3) is 0.919. The lowest BCUT2D eigenvalue weighted by Crippen LogP contribution is -2.27. The summed E-state index contributed by atoms with van der Waals surface area (Å²) in [6.45, 7) is 96.0. The van der Waals surface area contributed by atoms with Gasteiger partial charge in [0.2, 0.25) is 0 Å². The van der Waals surface area contributed by atoms with Crippen LogP contribution < -0.4 is 0 Å². The Balaban J connectivity index is -0.000000176. The van der Waals surface area contributed by atoms with Crippen LogP contribution in [-0.4, -0.2) is 228 Å². The van der Waals surface area contributed by atoms with Crippen LogP contribution >= 0.6 is 0 Å². The molecular weight excluding hydrogens is 1840 g/mol. The van der Waals surface area contributed by atoms with Crippen LogP contribution in [0.4, 0.5) is 0 Å². The first-order valence-corrected chi connectivity index (χ1v) is 58.3. The summed E-state index contributed by atoms with van der Waals surface area (Å²) < 4.78 is 63.3. The highest BCUT2D eigenvalue weighted by Crippen LogP contribution is 2.16. The van der Waals surface area contributed by atoms with Gasteiger partial charge in [0.1, 0.15) is 56.2 Å². The lowest BCUT2D eigenvalue weighted by atomic mass is 10.0. The van der Waals surface area contributed by atoms with E-state index in [1.54, 1.807) is 0 Å². The van der Waals surface area contributed by atoms with Gasteiger partial charge in [-0.05, 0) is 158 Å². The maximum absolute atomic E-state index is 11.3. The van der Waals surface area contributed by atoms with Crippen molar-refractivity contribution in [3.63, 3.8) is 0 Å². The van der Waals surface area contributed by atoms with E-state index in [0.29, 0.717) is 152 Å². The lowest BCUT2D eigenvalue weighted by molar-refractivity contribution is -0.149. The van der Waals surface area contributed by atoms with Crippen molar-refractivity contribution in [2.24, 2.45) is 112 Å². The van der Waals surface area contributed by atoms with Crippen molar-refractivity contribution in [1.29, 1.82) is 0 Å². The molecule has 0 rings (SSSR count). The quantitative estimate of drug-likeness (QED) is 0.0404. The average molecular weight is 2090 g/mol. The number of hydrogen-bond donors (Lipinski definition) is 0. The summed E-state index contributed by atoms with van der Waals surface area (Å²) in [6, 6.07) is 0.620. The highest BCUT2D eigenvalue weighted by Gasteiger charge is 2.16. The number of rotatable bonds is 83. The highest BCUT2D eigenvalue weighted by atomic mass is 16.6. The molecular formula is C123H247NO22. The molecule has 0 aromatic carbocycles. The Bertz CT molecular complexity index is 2680. The average Bonchev–Trinajstić information content (AvgIpc) is 1.09. The van der Waals surface area contributed by atoms with Crippen LogP contribution in [0.5, 0.6) is 0 Å². The number of unbranched alkanes of at least 4 members (excludes halogenated alkanes) is 10. The second-order valence-electron chi connectivity index (χ2n) is 46.4. The molecule has 0 aliphatic carbocycles. The molecule has 0 N–H and O–H groups in total. The summed E-state index contributed by atoms with van der Waals surface area (Å²) >= 11 is 0. The van der Waals surface area contributed by atoms with E-state index in [1.165, 1.54) is 96.3 Å². The number of carbonyl (C=O) groups is 10. The molecule has 0 saturated heterocycles. The number of ether oxygens (including phenoxy) is 12. The van der Waals surface area contributed by atoms with E-state index in [9.17, 15) is 47.9 Å². The van der Waals surface area contributed by atoms with Crippen molar-refractivity contribution >= 4 is 58.2 Å². The number of hydrogen-bond acceptors (Lipinski definition) is 23. The molecule has 0 fully saturated rings. The Kier molecular flexibility index (Phi) is 131. The smallest absolute Gasteiger partial charge is 0.308 e. The van der Waals surface area contributed by atoms with E-state index in [4.69, 9.17) is 56.8 Å². The summed E-state index contributed by atoms with van der Waals surface area (Å²) in [5, 5.41) is 0. The van der Waals surface area contributed by atoms with E-state index >= 15 is 0 Å². The minimum Gasteiger partial charge on any atom is -0.465 e. The van der Waals surface area contributed by atoms with Crippen molar-refractivity contribution in [3.05, 3.63) is 0 Å². The third kappa shape index (κ3) is 151. The van der Waals surface area contributed by atoms with Gasteiger partial charge in [-0.25, -0.2) is 0 Å². The monoisotopic (exact) mass is 2090 g/mol. The number of Topliss-reactive ketones (excluding diaryl/α,β-unsaturated/α-hetero) is 8. The Morgan fingerprint density at radius 3 is 0.616 bits per heavy atom. The van der Waals surface area contributed by atoms with E-state index in [-0.39, 0.29) is 113 Å². The van der Waals surface area contributed by atoms with Crippen molar-refractivity contribution in [1.82, 2.24) is 4.90 Å². The molecule has 0 aromatic rings. The minimum absolute atomic E-state index is 0.00524. The van der Waals surface area contributed by atoms with E-state index in [1.807, 2.05) is 138 Å². The normalized spacial score (nSPS) is 11.3. The maximum atomic E-state index is 11.3. The largest absolute Gasteiger partial charge is 0.465 e. The van der Waals surface area contributed by atoms with Crippen molar-refractivity contribution in [2.75, 3.05) is 159 Å². The van der Waals surface area contributed by atoms with Crippen LogP contribution in [0.2, 0.25) is 0 Å². The maximum Gasteiger partial charge on any atom is 0.308 e. The zero-order valence-corrected chi connectivity index (χ0v) is 104. The summed E-state index contributed by atoms with van der Waals surface area (Å²) in [7, 11) is 2.16. The zero-order chi connectivity index (χ0) is 114. The lowest BCUT2D eigenvalue weighted by Gasteiger charge is -2.20. The molecule has 0 heterocycles. The molecule has 0 radical (unpaired) electrons. The van der Waals surface area contributed by atoms with Gasteiger partial charge in [0.05, 0.1) is 71.3 Å². The molecule has 0 bridgehead atoms. The standard InChI is InChI=1S/C14H29NO2.C14H28O2.C13H26O3.C13H26O2.C12H24O3.2C12H24O2.C11H22O3.C11H22O2.C11H22O/c1-12(2)14(16)11-17-10-8-6-7-9-15(5)13(3)4;1-12(2)8-6-5-7-10-16-11-9-14(15)13(3)4;1-11(2)5-7-15-9-10-16-8-6-13(14)12(3)4;1-11(2)8-6-5-7-9-15-10-13(14)12(3)4;1-10(2)5-6-14-7-8-15-9-12(13)11(3)4;1-10(2)7-5-6-8-14-9-12(13)11(3)4;1-10(2)8-6-5-7-9-14-12(13)11(3)4;1-9(2)5-6-13-7-8-14-11(12)10(3)4;1-9(2)5-7-13-8-6-11(12)10(3)4;1-9(2)7-5-6-8-11(12)10(3)4/h12-13H,6-11H2,1-5H3;12-13H,5-11H2,1-4H3;11-12H,5-10H2,1-4H3;11-12H,5-10H2,1-4H3;10-11H,5-9H2,1-4H3;2*10-11H,5-9H2,1-4H3;9-10H,5-8H2,1-4H3;9-10H,5-8H2,1-4H3;9-10H,5-8H2,1-4H3. The molecule has 0 aliphatic rings. The summed E-state index contributed by atoms with van der Waals surface area (Å²) in [5.74, 6) is 9.40.